The van der Waals surface area contributed by atoms with Gasteiger partial charge in [0.15, 0.2) is 0 Å². The van der Waals surface area contributed by atoms with Crippen LogP contribution in [0.4, 0.5) is 0 Å². The number of amides is 1. The van der Waals surface area contributed by atoms with E-state index in [9.17, 15) is 4.79 Å². The first-order valence-electron chi connectivity index (χ1n) is 8.73. The maximum atomic E-state index is 12.3. The zero-order valence-corrected chi connectivity index (χ0v) is 17.7. The van der Waals surface area contributed by atoms with Crippen LogP contribution in [-0.4, -0.2) is 28.7 Å². The summed E-state index contributed by atoms with van der Waals surface area (Å²) in [6.07, 6.45) is 0.574. The summed E-state index contributed by atoms with van der Waals surface area (Å²) in [7, 11) is 1.61. The molecule has 7 heteroatoms. The molecule has 0 N–H and O–H groups in total. The Hall–Kier alpha value is -2.44. The molecule has 0 saturated carbocycles. The monoisotopic (exact) mass is 457 g/mol. The molecule has 1 aliphatic rings. The van der Waals surface area contributed by atoms with E-state index in [1.807, 2.05) is 48.5 Å². The van der Waals surface area contributed by atoms with E-state index in [0.717, 1.165) is 38.0 Å². The lowest BCUT2D eigenvalue weighted by Crippen LogP contribution is -2.24. The number of benzene rings is 2. The molecule has 0 fully saturated rings. The number of aromatic nitrogens is 1. The normalized spacial score (nSPS) is 16.4. The Bertz CT molecular complexity index is 1100. The molecule has 0 radical (unpaired) electrons. The molecule has 1 amide bonds. The second-order valence-electron chi connectivity index (χ2n) is 6.56. The van der Waals surface area contributed by atoms with Crippen LogP contribution >= 0.6 is 27.5 Å². The van der Waals surface area contributed by atoms with Crippen LogP contribution in [0.2, 0.25) is 5.15 Å². The molecule has 3 aromatic rings. The van der Waals surface area contributed by atoms with Gasteiger partial charge in [-0.05, 0) is 35.9 Å². The third-order valence-corrected chi connectivity index (χ3v) is 5.61. The largest absolute Gasteiger partial charge is 0.497 e. The summed E-state index contributed by atoms with van der Waals surface area (Å²) in [6.45, 7) is 1.51. The minimum absolute atomic E-state index is 0.136. The SMILES string of the molecule is COc1ccc2cc(C3CC(c4ccc(Br)cc4)=NN3C(C)=O)c(Cl)nc2c1. The Morgan fingerprint density at radius 2 is 1.96 bits per heavy atom. The smallest absolute Gasteiger partial charge is 0.240 e. The van der Waals surface area contributed by atoms with Crippen molar-refractivity contribution in [3.8, 4) is 5.75 Å². The number of halogens is 2. The van der Waals surface area contributed by atoms with Gasteiger partial charge in [-0.15, -0.1) is 0 Å². The summed E-state index contributed by atoms with van der Waals surface area (Å²) in [5.41, 5.74) is 3.35. The van der Waals surface area contributed by atoms with Crippen molar-refractivity contribution in [3.63, 3.8) is 0 Å². The molecule has 1 atom stereocenters. The minimum Gasteiger partial charge on any atom is -0.497 e. The summed E-state index contributed by atoms with van der Waals surface area (Å²) in [6, 6.07) is 15.2. The fraction of sp³-hybridized carbons (Fsp3) is 0.190. The van der Waals surface area contributed by atoms with Crippen molar-refractivity contribution in [3.05, 3.63) is 69.3 Å². The number of rotatable bonds is 3. The highest BCUT2D eigenvalue weighted by Crippen LogP contribution is 2.37. The number of hydrazone groups is 1. The molecule has 142 valence electrons. The molecule has 1 aromatic heterocycles. The van der Waals surface area contributed by atoms with E-state index in [0.29, 0.717) is 11.6 Å². The van der Waals surface area contributed by atoms with Gasteiger partial charge in [0.1, 0.15) is 10.9 Å². The lowest BCUT2D eigenvalue weighted by atomic mass is 9.98. The van der Waals surface area contributed by atoms with Crippen LogP contribution in [0.1, 0.15) is 30.5 Å². The third kappa shape index (κ3) is 3.50. The zero-order chi connectivity index (χ0) is 19.8. The molecule has 2 aromatic carbocycles. The standard InChI is InChI=1S/C21H17BrClN3O2/c1-12(27)26-20(11-19(25-26)13-3-6-15(22)7-4-13)17-9-14-5-8-16(28-2)10-18(14)24-21(17)23/h3-10,20H,11H2,1-2H3. The average Bonchev–Trinajstić information content (AvgIpc) is 3.13. The van der Waals surface area contributed by atoms with Gasteiger partial charge in [0.05, 0.1) is 24.4 Å². The number of carbonyl (C=O) groups is 1. The van der Waals surface area contributed by atoms with Crippen molar-refractivity contribution in [2.24, 2.45) is 5.10 Å². The number of hydrogen-bond donors (Lipinski definition) is 0. The van der Waals surface area contributed by atoms with Crippen LogP contribution in [0, 0.1) is 0 Å². The number of methoxy groups -OCH3 is 1. The zero-order valence-electron chi connectivity index (χ0n) is 15.3. The van der Waals surface area contributed by atoms with Gasteiger partial charge in [0.25, 0.3) is 0 Å². The van der Waals surface area contributed by atoms with E-state index < -0.39 is 0 Å². The van der Waals surface area contributed by atoms with Crippen molar-refractivity contribution >= 4 is 50.1 Å². The Balaban J connectivity index is 1.74. The van der Waals surface area contributed by atoms with Crippen LogP contribution in [0.15, 0.2) is 58.1 Å². The maximum Gasteiger partial charge on any atom is 0.240 e. The van der Waals surface area contributed by atoms with Crippen LogP contribution in [-0.2, 0) is 4.79 Å². The lowest BCUT2D eigenvalue weighted by molar-refractivity contribution is -0.130. The second kappa shape index (κ2) is 7.53. The highest BCUT2D eigenvalue weighted by Gasteiger charge is 2.33. The molecule has 1 aliphatic heterocycles. The van der Waals surface area contributed by atoms with E-state index in [4.69, 9.17) is 16.3 Å². The molecule has 2 heterocycles. The van der Waals surface area contributed by atoms with Gasteiger partial charge in [-0.2, -0.15) is 5.10 Å². The van der Waals surface area contributed by atoms with E-state index in [-0.39, 0.29) is 11.9 Å². The summed E-state index contributed by atoms with van der Waals surface area (Å²) < 4.78 is 6.25. The Labute approximate surface area is 176 Å². The summed E-state index contributed by atoms with van der Waals surface area (Å²) in [5, 5.41) is 7.36. The molecule has 28 heavy (non-hydrogen) atoms. The summed E-state index contributed by atoms with van der Waals surface area (Å²) >= 11 is 9.96. The summed E-state index contributed by atoms with van der Waals surface area (Å²) in [5.74, 6) is 0.582. The number of ether oxygens (including phenoxy) is 1. The highest BCUT2D eigenvalue weighted by molar-refractivity contribution is 9.10. The maximum absolute atomic E-state index is 12.3. The van der Waals surface area contributed by atoms with Gasteiger partial charge in [-0.25, -0.2) is 9.99 Å². The molecule has 5 nitrogen and oxygen atoms in total. The highest BCUT2D eigenvalue weighted by atomic mass is 79.9. The first kappa shape index (κ1) is 18.9. The second-order valence-corrected chi connectivity index (χ2v) is 7.84. The molecule has 0 aliphatic carbocycles. The van der Waals surface area contributed by atoms with Gasteiger partial charge in [-0.3, -0.25) is 4.79 Å². The van der Waals surface area contributed by atoms with Crippen LogP contribution in [0.5, 0.6) is 5.75 Å². The third-order valence-electron chi connectivity index (χ3n) is 4.77. The van der Waals surface area contributed by atoms with Gasteiger partial charge in [0.2, 0.25) is 5.91 Å². The molecular weight excluding hydrogens is 442 g/mol. The number of hydrogen-bond acceptors (Lipinski definition) is 4. The van der Waals surface area contributed by atoms with Gasteiger partial charge < -0.3 is 4.74 Å². The minimum atomic E-state index is -0.289. The molecule has 1 unspecified atom stereocenters. The van der Waals surface area contributed by atoms with Crippen molar-refractivity contribution in [1.29, 1.82) is 0 Å². The first-order chi connectivity index (χ1) is 13.5. The van der Waals surface area contributed by atoms with Crippen molar-refractivity contribution in [1.82, 2.24) is 9.99 Å². The van der Waals surface area contributed by atoms with E-state index in [2.05, 4.69) is 26.0 Å². The quantitative estimate of drug-likeness (QED) is 0.497. The van der Waals surface area contributed by atoms with Crippen LogP contribution in [0.25, 0.3) is 10.9 Å². The fourth-order valence-corrected chi connectivity index (χ4v) is 3.90. The average molecular weight is 459 g/mol. The predicted octanol–water partition coefficient (Wildman–Crippen LogP) is 5.36. The summed E-state index contributed by atoms with van der Waals surface area (Å²) in [4.78, 5) is 16.8. The lowest BCUT2D eigenvalue weighted by Gasteiger charge is -2.21. The molecule has 0 spiro atoms. The van der Waals surface area contributed by atoms with Crippen molar-refractivity contribution < 1.29 is 9.53 Å². The fourth-order valence-electron chi connectivity index (χ4n) is 3.36. The Morgan fingerprint density at radius 1 is 1.21 bits per heavy atom. The van der Waals surface area contributed by atoms with E-state index >= 15 is 0 Å². The number of nitrogens with zero attached hydrogens (tertiary/aromatic N) is 3. The van der Waals surface area contributed by atoms with Gasteiger partial charge >= 0.3 is 0 Å². The number of fused-ring (bicyclic) bond motifs is 1. The van der Waals surface area contributed by atoms with Gasteiger partial charge in [0, 0.05) is 34.8 Å². The first-order valence-corrected chi connectivity index (χ1v) is 9.91. The predicted molar refractivity (Wildman–Crippen MR) is 114 cm³/mol. The Morgan fingerprint density at radius 3 is 2.64 bits per heavy atom. The van der Waals surface area contributed by atoms with Gasteiger partial charge in [-0.1, -0.05) is 39.7 Å². The topological polar surface area (TPSA) is 54.8 Å². The molecule has 0 saturated heterocycles. The van der Waals surface area contributed by atoms with Crippen molar-refractivity contribution in [2.75, 3.05) is 7.11 Å². The number of pyridine rings is 1. The molecule has 4 rings (SSSR count). The molecule has 0 bridgehead atoms. The number of carbonyl (C=O) groups excluding carboxylic acids is 1. The van der Waals surface area contributed by atoms with Crippen molar-refractivity contribution in [2.45, 2.75) is 19.4 Å². The van der Waals surface area contributed by atoms with E-state index in [1.165, 1.54) is 11.9 Å². The van der Waals surface area contributed by atoms with Crippen LogP contribution < -0.4 is 4.74 Å². The van der Waals surface area contributed by atoms with E-state index in [1.54, 1.807) is 7.11 Å². The Kier molecular flexibility index (Phi) is 5.08. The van der Waals surface area contributed by atoms with Crippen LogP contribution in [0.3, 0.4) is 0 Å². The molecular formula is C21H17BrClN3O2.